The summed E-state index contributed by atoms with van der Waals surface area (Å²) in [4.78, 5) is 4.49. The summed E-state index contributed by atoms with van der Waals surface area (Å²) < 4.78 is 39.8. The second-order valence-corrected chi connectivity index (χ2v) is 8.46. The second-order valence-electron chi connectivity index (χ2n) is 8.46. The van der Waals surface area contributed by atoms with Crippen LogP contribution in [0.4, 0.5) is 13.2 Å². The maximum absolute atomic E-state index is 12.6. The van der Waals surface area contributed by atoms with Gasteiger partial charge in [0, 0.05) is 18.0 Å². The van der Waals surface area contributed by atoms with Gasteiger partial charge in [0.1, 0.15) is 0 Å². The molecule has 2 N–H and O–H groups in total. The number of allylic oxidation sites excluding steroid dienone is 1. The quantitative estimate of drug-likeness (QED) is 0.796. The Morgan fingerprint density at radius 1 is 1.23 bits per heavy atom. The Balaban J connectivity index is 1.74. The molecule has 1 heterocycles. The monoisotopic (exact) mass is 428 g/mol. The Morgan fingerprint density at radius 2 is 1.87 bits per heavy atom. The maximum atomic E-state index is 12.6. The number of nitrogens with two attached hydrogens (primary N) is 1. The van der Waals surface area contributed by atoms with E-state index in [1.165, 1.54) is 17.7 Å². The van der Waals surface area contributed by atoms with Gasteiger partial charge in [0.05, 0.1) is 29.4 Å². The SMILES string of the molecule is C=C(Cn1nc(C)c(=NC)c(=C(N)C2CC2)c1=C1CC1)c1ccc(CC(F)(F)F)cc1. The van der Waals surface area contributed by atoms with E-state index in [0.717, 1.165) is 64.1 Å². The normalized spacial score (nSPS) is 17.7. The molecule has 2 aliphatic rings. The highest BCUT2D eigenvalue weighted by atomic mass is 19.4. The Kier molecular flexibility index (Phi) is 5.54. The standard InChI is InChI=1S/C24H27F3N4/c1-14(17-6-4-16(5-7-17)12-24(25,26)27)13-31-23(19-10-11-19)20(21(28)18-8-9-18)22(29-3)15(2)30-31/h4-7,18H,1,8-13,28H2,2-3H3. The van der Waals surface area contributed by atoms with Gasteiger partial charge in [0.25, 0.3) is 0 Å². The van der Waals surface area contributed by atoms with Crippen LogP contribution in [0, 0.1) is 12.8 Å². The first-order valence-corrected chi connectivity index (χ1v) is 10.5. The summed E-state index contributed by atoms with van der Waals surface area (Å²) in [5.41, 5.74) is 11.4. The minimum atomic E-state index is -4.22. The van der Waals surface area contributed by atoms with Gasteiger partial charge < -0.3 is 5.73 Å². The summed E-state index contributed by atoms with van der Waals surface area (Å²) in [5, 5.41) is 7.66. The first kappa shape index (κ1) is 21.4. The third kappa shape index (κ3) is 4.75. The molecular formula is C24H27F3N4. The number of aryl methyl sites for hydroxylation is 1. The molecule has 0 spiro atoms. The molecule has 164 valence electrons. The number of benzene rings is 1. The number of hydrogen-bond donors (Lipinski definition) is 1. The number of nitrogens with zero attached hydrogens (tertiary/aromatic N) is 3. The molecule has 31 heavy (non-hydrogen) atoms. The molecule has 2 aromatic rings. The zero-order valence-corrected chi connectivity index (χ0v) is 17.9. The molecule has 0 saturated heterocycles. The zero-order valence-electron chi connectivity index (χ0n) is 17.9. The van der Waals surface area contributed by atoms with E-state index in [2.05, 4.69) is 11.6 Å². The van der Waals surface area contributed by atoms with Crippen molar-refractivity contribution in [2.45, 2.75) is 51.7 Å². The van der Waals surface area contributed by atoms with E-state index in [4.69, 9.17) is 10.8 Å². The molecule has 1 aromatic heterocycles. The number of halogens is 3. The fourth-order valence-corrected chi connectivity index (χ4v) is 3.98. The van der Waals surface area contributed by atoms with Crippen LogP contribution in [0.2, 0.25) is 0 Å². The van der Waals surface area contributed by atoms with Crippen molar-refractivity contribution in [2.75, 3.05) is 7.05 Å². The predicted octanol–water partition coefficient (Wildman–Crippen LogP) is 2.96. The van der Waals surface area contributed by atoms with E-state index in [0.29, 0.717) is 12.5 Å². The van der Waals surface area contributed by atoms with Crippen LogP contribution in [-0.2, 0) is 13.0 Å². The van der Waals surface area contributed by atoms with Crippen LogP contribution >= 0.6 is 0 Å². The Labute approximate surface area is 179 Å². The van der Waals surface area contributed by atoms with Crippen molar-refractivity contribution in [3.05, 3.63) is 63.6 Å². The van der Waals surface area contributed by atoms with Gasteiger partial charge in [-0.25, -0.2) is 0 Å². The maximum Gasteiger partial charge on any atom is 0.393 e. The van der Waals surface area contributed by atoms with Gasteiger partial charge in [-0.05, 0) is 60.8 Å². The fraction of sp³-hybridized carbons (Fsp3) is 0.417. The summed E-state index contributed by atoms with van der Waals surface area (Å²) in [6.45, 7) is 6.55. The summed E-state index contributed by atoms with van der Waals surface area (Å²) in [6, 6.07) is 6.42. The van der Waals surface area contributed by atoms with Crippen molar-refractivity contribution < 1.29 is 13.2 Å². The van der Waals surface area contributed by atoms with E-state index in [-0.39, 0.29) is 5.56 Å². The average Bonchev–Trinajstić information content (AvgIpc) is 3.59. The highest BCUT2D eigenvalue weighted by Crippen LogP contribution is 2.34. The van der Waals surface area contributed by atoms with Gasteiger partial charge in [0.2, 0.25) is 0 Å². The fourth-order valence-electron chi connectivity index (χ4n) is 3.98. The highest BCUT2D eigenvalue weighted by molar-refractivity contribution is 5.64. The van der Waals surface area contributed by atoms with Crippen molar-refractivity contribution in [1.82, 2.24) is 9.78 Å². The first-order chi connectivity index (χ1) is 14.7. The number of rotatable bonds is 5. The largest absolute Gasteiger partial charge is 0.401 e. The van der Waals surface area contributed by atoms with Gasteiger partial charge in [-0.2, -0.15) is 18.3 Å². The summed E-state index contributed by atoms with van der Waals surface area (Å²) in [7, 11) is 1.76. The molecule has 1 aromatic carbocycles. The van der Waals surface area contributed by atoms with Crippen LogP contribution in [-0.4, -0.2) is 23.0 Å². The predicted molar refractivity (Wildman–Crippen MR) is 116 cm³/mol. The lowest BCUT2D eigenvalue weighted by molar-refractivity contribution is -0.127. The molecule has 0 radical (unpaired) electrons. The molecule has 4 nitrogen and oxygen atoms in total. The lowest BCUT2D eigenvalue weighted by Crippen LogP contribution is -2.51. The van der Waals surface area contributed by atoms with Crippen molar-refractivity contribution in [3.8, 4) is 0 Å². The average molecular weight is 429 g/mol. The lowest BCUT2D eigenvalue weighted by Gasteiger charge is -2.14. The third-order valence-corrected chi connectivity index (χ3v) is 5.82. The summed E-state index contributed by atoms with van der Waals surface area (Å²) >= 11 is 0. The van der Waals surface area contributed by atoms with Gasteiger partial charge in [-0.1, -0.05) is 30.8 Å². The number of alkyl halides is 3. The molecule has 0 aliphatic heterocycles. The Hall–Kier alpha value is -2.83. The van der Waals surface area contributed by atoms with E-state index >= 15 is 0 Å². The van der Waals surface area contributed by atoms with Crippen LogP contribution in [0.3, 0.4) is 0 Å². The molecule has 2 fully saturated rings. The van der Waals surface area contributed by atoms with E-state index in [1.54, 1.807) is 19.2 Å². The molecular weight excluding hydrogens is 401 g/mol. The molecule has 0 unspecified atom stereocenters. The van der Waals surface area contributed by atoms with Crippen molar-refractivity contribution in [3.63, 3.8) is 0 Å². The summed E-state index contributed by atoms with van der Waals surface area (Å²) in [6.07, 6.45) is -0.925. The topological polar surface area (TPSA) is 56.2 Å². The van der Waals surface area contributed by atoms with Crippen molar-refractivity contribution in [2.24, 2.45) is 16.6 Å². The zero-order chi connectivity index (χ0) is 22.3. The molecule has 0 amide bonds. The van der Waals surface area contributed by atoms with Crippen LogP contribution in [0.25, 0.3) is 16.8 Å². The first-order valence-electron chi connectivity index (χ1n) is 10.5. The minimum absolute atomic E-state index is 0.239. The third-order valence-electron chi connectivity index (χ3n) is 5.82. The molecule has 2 saturated carbocycles. The van der Waals surface area contributed by atoms with Crippen LogP contribution < -0.4 is 21.7 Å². The second kappa shape index (κ2) is 8.02. The minimum Gasteiger partial charge on any atom is -0.401 e. The van der Waals surface area contributed by atoms with Crippen LogP contribution in [0.5, 0.6) is 0 Å². The Morgan fingerprint density at radius 3 is 2.39 bits per heavy atom. The highest BCUT2D eigenvalue weighted by Gasteiger charge is 2.28. The van der Waals surface area contributed by atoms with Crippen LogP contribution in [0.1, 0.15) is 42.5 Å². The smallest absolute Gasteiger partial charge is 0.393 e. The van der Waals surface area contributed by atoms with E-state index in [9.17, 15) is 13.2 Å². The molecule has 0 atom stereocenters. The number of hydrogen-bond acceptors (Lipinski definition) is 3. The van der Waals surface area contributed by atoms with E-state index in [1.807, 2.05) is 11.6 Å². The Bertz CT molecular complexity index is 1210. The van der Waals surface area contributed by atoms with E-state index < -0.39 is 12.6 Å². The molecule has 2 aliphatic carbocycles. The molecule has 7 heteroatoms. The van der Waals surface area contributed by atoms with Gasteiger partial charge in [-0.3, -0.25) is 9.67 Å². The summed E-state index contributed by atoms with van der Waals surface area (Å²) in [5.74, 6) is 0.401. The molecule has 0 bridgehead atoms. The van der Waals surface area contributed by atoms with Gasteiger partial charge in [0.15, 0.2) is 0 Å². The number of aromatic nitrogens is 2. The lowest BCUT2D eigenvalue weighted by atomic mass is 10.0. The van der Waals surface area contributed by atoms with Gasteiger partial charge >= 0.3 is 6.18 Å². The van der Waals surface area contributed by atoms with Crippen molar-refractivity contribution >= 4 is 16.8 Å². The van der Waals surface area contributed by atoms with Crippen molar-refractivity contribution in [1.29, 1.82) is 0 Å². The van der Waals surface area contributed by atoms with Gasteiger partial charge in [-0.15, -0.1) is 0 Å². The van der Waals surface area contributed by atoms with Crippen LogP contribution in [0.15, 0.2) is 35.8 Å². The molecule has 4 rings (SSSR count).